The van der Waals surface area contributed by atoms with Gasteiger partial charge in [-0.1, -0.05) is 12.1 Å². The van der Waals surface area contributed by atoms with Gasteiger partial charge in [-0.25, -0.2) is 0 Å². The number of ether oxygens (including phenoxy) is 1. The molecule has 0 aliphatic carbocycles. The Morgan fingerprint density at radius 1 is 1.40 bits per heavy atom. The quantitative estimate of drug-likeness (QED) is 0.782. The molecule has 0 radical (unpaired) electrons. The molecule has 0 unspecified atom stereocenters. The van der Waals surface area contributed by atoms with Crippen molar-refractivity contribution in [2.24, 2.45) is 0 Å². The number of aryl methyl sites for hydroxylation is 1. The molecule has 0 heterocycles. The van der Waals surface area contributed by atoms with E-state index in [1.807, 2.05) is 24.3 Å². The van der Waals surface area contributed by atoms with Crippen LogP contribution in [0.3, 0.4) is 0 Å². The minimum Gasteiger partial charge on any atom is -0.375 e. The summed E-state index contributed by atoms with van der Waals surface area (Å²) >= 11 is 5.62. The lowest BCUT2D eigenvalue weighted by Crippen LogP contribution is -2.16. The summed E-state index contributed by atoms with van der Waals surface area (Å²) in [6, 6.07) is 7.61. The Balaban J connectivity index is 2.52. The van der Waals surface area contributed by atoms with Crippen LogP contribution in [0.5, 0.6) is 0 Å². The second-order valence-corrected chi connectivity index (χ2v) is 3.50. The second-order valence-electron chi connectivity index (χ2n) is 3.12. The van der Waals surface area contributed by atoms with Crippen molar-refractivity contribution in [2.45, 2.75) is 6.42 Å². The number of nitrogens with one attached hydrogen (secondary N) is 1. The van der Waals surface area contributed by atoms with Crippen molar-refractivity contribution in [1.29, 1.82) is 0 Å². The van der Waals surface area contributed by atoms with Crippen LogP contribution in [0.1, 0.15) is 5.56 Å². The van der Waals surface area contributed by atoms with Gasteiger partial charge in [0, 0.05) is 18.7 Å². The van der Waals surface area contributed by atoms with Gasteiger partial charge in [0.1, 0.15) is 6.61 Å². The van der Waals surface area contributed by atoms with Crippen molar-refractivity contribution in [3.63, 3.8) is 0 Å². The highest BCUT2D eigenvalue weighted by atomic mass is 35.5. The predicted octanol–water partition coefficient (Wildman–Crippen LogP) is 2.05. The maximum atomic E-state index is 11.2. The first-order chi connectivity index (χ1) is 7.26. The summed E-state index contributed by atoms with van der Waals surface area (Å²) in [7, 11) is 1.49. The van der Waals surface area contributed by atoms with Gasteiger partial charge in [-0.15, -0.1) is 11.6 Å². The van der Waals surface area contributed by atoms with Crippen molar-refractivity contribution < 1.29 is 9.53 Å². The summed E-state index contributed by atoms with van der Waals surface area (Å²) in [5.41, 5.74) is 1.94. The van der Waals surface area contributed by atoms with Gasteiger partial charge in [-0.05, 0) is 24.1 Å². The maximum absolute atomic E-state index is 11.2. The molecule has 0 aliphatic heterocycles. The molecule has 0 fully saturated rings. The molecule has 0 bridgehead atoms. The third-order valence-corrected chi connectivity index (χ3v) is 2.09. The van der Waals surface area contributed by atoms with Crippen molar-refractivity contribution in [1.82, 2.24) is 0 Å². The molecule has 0 saturated heterocycles. The van der Waals surface area contributed by atoms with Crippen LogP contribution in [0.4, 0.5) is 5.69 Å². The number of methoxy groups -OCH3 is 1. The fraction of sp³-hybridized carbons (Fsp3) is 0.364. The third kappa shape index (κ3) is 4.32. The average Bonchev–Trinajstić information content (AvgIpc) is 2.22. The summed E-state index contributed by atoms with van der Waals surface area (Å²) in [6.07, 6.45) is 0.841. The van der Waals surface area contributed by atoms with Crippen LogP contribution >= 0.6 is 11.6 Å². The van der Waals surface area contributed by atoms with Crippen LogP contribution in [0.2, 0.25) is 0 Å². The second kappa shape index (κ2) is 6.43. The highest BCUT2D eigenvalue weighted by Gasteiger charge is 2.00. The number of hydrogen-bond acceptors (Lipinski definition) is 2. The lowest BCUT2D eigenvalue weighted by Gasteiger charge is -2.05. The van der Waals surface area contributed by atoms with Gasteiger partial charge < -0.3 is 10.1 Å². The van der Waals surface area contributed by atoms with Crippen molar-refractivity contribution >= 4 is 23.2 Å². The lowest BCUT2D eigenvalue weighted by molar-refractivity contribution is -0.119. The van der Waals surface area contributed by atoms with Crippen LogP contribution in [-0.2, 0) is 16.0 Å². The largest absolute Gasteiger partial charge is 0.375 e. The SMILES string of the molecule is COCC(=O)Nc1ccc(CCCl)cc1. The first-order valence-electron chi connectivity index (χ1n) is 4.70. The fourth-order valence-corrected chi connectivity index (χ4v) is 1.41. The molecule has 82 valence electrons. The number of carbonyl (C=O) groups excluding carboxylic acids is 1. The minimum atomic E-state index is -0.150. The lowest BCUT2D eigenvalue weighted by atomic mass is 10.1. The zero-order chi connectivity index (χ0) is 11.1. The Morgan fingerprint density at radius 3 is 2.60 bits per heavy atom. The van der Waals surface area contributed by atoms with Crippen molar-refractivity contribution in [2.75, 3.05) is 24.9 Å². The first-order valence-corrected chi connectivity index (χ1v) is 5.23. The van der Waals surface area contributed by atoms with Crippen molar-refractivity contribution in [3.8, 4) is 0 Å². The third-order valence-electron chi connectivity index (χ3n) is 1.90. The molecule has 1 N–H and O–H groups in total. The zero-order valence-corrected chi connectivity index (χ0v) is 9.38. The van der Waals surface area contributed by atoms with Gasteiger partial charge in [0.25, 0.3) is 0 Å². The van der Waals surface area contributed by atoms with Gasteiger partial charge in [0.2, 0.25) is 5.91 Å². The molecular weight excluding hydrogens is 214 g/mol. The van der Waals surface area contributed by atoms with Gasteiger partial charge in [0.15, 0.2) is 0 Å². The van der Waals surface area contributed by atoms with E-state index >= 15 is 0 Å². The molecule has 0 saturated carbocycles. The minimum absolute atomic E-state index is 0.0728. The first kappa shape index (κ1) is 12.0. The molecule has 0 aliphatic rings. The summed E-state index contributed by atoms with van der Waals surface area (Å²) in [5.74, 6) is 0.456. The number of benzene rings is 1. The summed E-state index contributed by atoms with van der Waals surface area (Å²) in [4.78, 5) is 11.2. The van der Waals surface area contributed by atoms with E-state index in [9.17, 15) is 4.79 Å². The molecule has 15 heavy (non-hydrogen) atoms. The molecule has 0 atom stereocenters. The number of alkyl halides is 1. The summed E-state index contributed by atoms with van der Waals surface area (Å²) < 4.78 is 4.71. The van der Waals surface area contributed by atoms with Crippen LogP contribution in [0, 0.1) is 0 Å². The monoisotopic (exact) mass is 227 g/mol. The molecule has 1 aromatic carbocycles. The van der Waals surface area contributed by atoms with Crippen LogP contribution < -0.4 is 5.32 Å². The average molecular weight is 228 g/mol. The van der Waals surface area contributed by atoms with E-state index in [1.54, 1.807) is 0 Å². The number of anilines is 1. The van der Waals surface area contributed by atoms with Crippen molar-refractivity contribution in [3.05, 3.63) is 29.8 Å². The predicted molar refractivity (Wildman–Crippen MR) is 61.4 cm³/mol. The summed E-state index contributed by atoms with van der Waals surface area (Å²) in [5, 5.41) is 2.72. The number of halogens is 1. The number of carbonyl (C=O) groups is 1. The Kier molecular flexibility index (Phi) is 5.15. The molecule has 0 aromatic heterocycles. The fourth-order valence-electron chi connectivity index (χ4n) is 1.19. The molecule has 1 amide bonds. The zero-order valence-electron chi connectivity index (χ0n) is 8.63. The number of amides is 1. The van der Waals surface area contributed by atoms with Gasteiger partial charge in [-0.3, -0.25) is 4.79 Å². The highest BCUT2D eigenvalue weighted by Crippen LogP contribution is 2.10. The normalized spacial score (nSPS) is 10.0. The standard InChI is InChI=1S/C11H14ClNO2/c1-15-8-11(14)13-10-4-2-9(3-5-10)6-7-12/h2-5H,6-8H2,1H3,(H,13,14). The van der Waals surface area contributed by atoms with Crippen LogP contribution in [0.15, 0.2) is 24.3 Å². The van der Waals surface area contributed by atoms with E-state index in [2.05, 4.69) is 5.32 Å². The molecule has 4 heteroatoms. The molecule has 3 nitrogen and oxygen atoms in total. The van der Waals surface area contributed by atoms with E-state index in [0.29, 0.717) is 5.88 Å². The molecule has 1 aromatic rings. The van der Waals surface area contributed by atoms with Gasteiger partial charge >= 0.3 is 0 Å². The molecular formula is C11H14ClNO2. The van der Waals surface area contributed by atoms with Gasteiger partial charge in [0.05, 0.1) is 0 Å². The molecule has 0 spiro atoms. The molecule has 1 rings (SSSR count). The topological polar surface area (TPSA) is 38.3 Å². The Bertz CT molecular complexity index is 311. The Morgan fingerprint density at radius 2 is 2.07 bits per heavy atom. The van der Waals surface area contributed by atoms with E-state index < -0.39 is 0 Å². The summed E-state index contributed by atoms with van der Waals surface area (Å²) in [6.45, 7) is 0.0728. The van der Waals surface area contributed by atoms with E-state index in [-0.39, 0.29) is 12.5 Å². The van der Waals surface area contributed by atoms with E-state index in [1.165, 1.54) is 7.11 Å². The maximum Gasteiger partial charge on any atom is 0.250 e. The van der Waals surface area contributed by atoms with E-state index in [4.69, 9.17) is 16.3 Å². The number of hydrogen-bond donors (Lipinski definition) is 1. The number of rotatable bonds is 5. The van der Waals surface area contributed by atoms with Gasteiger partial charge in [-0.2, -0.15) is 0 Å². The van der Waals surface area contributed by atoms with Crippen LogP contribution in [-0.4, -0.2) is 25.5 Å². The Hall–Kier alpha value is -1.06. The van der Waals surface area contributed by atoms with E-state index in [0.717, 1.165) is 17.7 Å². The highest BCUT2D eigenvalue weighted by molar-refractivity contribution is 6.17. The smallest absolute Gasteiger partial charge is 0.250 e. The van der Waals surface area contributed by atoms with Crippen LogP contribution in [0.25, 0.3) is 0 Å². The Labute approximate surface area is 94.4 Å².